The maximum absolute atomic E-state index is 12.7. The molecule has 184 valence electrons. The molecule has 0 aromatic heterocycles. The van der Waals surface area contributed by atoms with Crippen LogP contribution in [0.5, 0.6) is 0 Å². The van der Waals surface area contributed by atoms with Gasteiger partial charge in [-0.25, -0.2) is 8.42 Å². The number of carbonyl (C=O) groups is 1. The summed E-state index contributed by atoms with van der Waals surface area (Å²) < 4.78 is 23.5. The average Bonchev–Trinajstić information content (AvgIpc) is 2.89. The highest BCUT2D eigenvalue weighted by molar-refractivity contribution is 7.90. The Hall–Kier alpha value is -2.96. The van der Waals surface area contributed by atoms with Gasteiger partial charge in [0.1, 0.15) is 0 Å². The maximum atomic E-state index is 12.7. The van der Waals surface area contributed by atoms with E-state index in [4.69, 9.17) is 0 Å². The van der Waals surface area contributed by atoms with E-state index in [1.807, 2.05) is 6.07 Å². The second-order valence-electron chi connectivity index (χ2n) is 9.42. The highest BCUT2D eigenvalue weighted by atomic mass is 32.2. The minimum atomic E-state index is -3.26. The van der Waals surface area contributed by atoms with E-state index in [0.29, 0.717) is 12.5 Å². The van der Waals surface area contributed by atoms with Crippen LogP contribution in [0.4, 0.5) is 0 Å². The van der Waals surface area contributed by atoms with Crippen molar-refractivity contribution >= 4 is 15.7 Å². The number of likely N-dealkylation sites (tertiary alicyclic amines) is 1. The molecule has 1 fully saturated rings. The van der Waals surface area contributed by atoms with E-state index < -0.39 is 9.84 Å². The predicted octanol–water partition coefficient (Wildman–Crippen LogP) is 4.64. The molecule has 0 saturated carbocycles. The van der Waals surface area contributed by atoms with Crippen molar-refractivity contribution in [2.75, 3.05) is 25.9 Å². The van der Waals surface area contributed by atoms with Gasteiger partial charge in [-0.15, -0.1) is 0 Å². The fourth-order valence-electron chi connectivity index (χ4n) is 4.85. The molecule has 5 nitrogen and oxygen atoms in total. The van der Waals surface area contributed by atoms with Crippen LogP contribution in [-0.2, 0) is 21.2 Å². The molecule has 4 rings (SSSR count). The average molecular weight is 491 g/mol. The molecule has 3 aromatic rings. The molecule has 1 aliphatic heterocycles. The van der Waals surface area contributed by atoms with Gasteiger partial charge in [-0.1, -0.05) is 72.8 Å². The Morgan fingerprint density at radius 3 is 2.09 bits per heavy atom. The van der Waals surface area contributed by atoms with E-state index in [-0.39, 0.29) is 16.7 Å². The SMILES string of the molecule is CS(=O)(=O)c1cccc(CNC(=O)C2CCN(CCC(c3ccccc3)c3ccccc3)CC2)c1. The van der Waals surface area contributed by atoms with E-state index in [9.17, 15) is 13.2 Å². The summed E-state index contributed by atoms with van der Waals surface area (Å²) in [5.41, 5.74) is 3.48. The fourth-order valence-corrected chi connectivity index (χ4v) is 5.54. The van der Waals surface area contributed by atoms with Crippen LogP contribution in [0.15, 0.2) is 89.8 Å². The molecule has 6 heteroatoms. The number of nitrogens with one attached hydrogen (secondary N) is 1. The molecule has 1 heterocycles. The van der Waals surface area contributed by atoms with Crippen LogP contribution in [-0.4, -0.2) is 45.1 Å². The minimum Gasteiger partial charge on any atom is -0.352 e. The molecule has 1 N–H and O–H groups in total. The van der Waals surface area contributed by atoms with Crippen molar-refractivity contribution in [2.24, 2.45) is 5.92 Å². The van der Waals surface area contributed by atoms with Crippen LogP contribution >= 0.6 is 0 Å². The Morgan fingerprint density at radius 1 is 0.914 bits per heavy atom. The topological polar surface area (TPSA) is 66.5 Å². The first-order chi connectivity index (χ1) is 16.9. The zero-order chi connectivity index (χ0) is 24.7. The number of nitrogens with zero attached hydrogens (tertiary/aromatic N) is 1. The summed E-state index contributed by atoms with van der Waals surface area (Å²) in [7, 11) is -3.26. The van der Waals surface area contributed by atoms with E-state index >= 15 is 0 Å². The number of benzene rings is 3. The van der Waals surface area contributed by atoms with Crippen molar-refractivity contribution in [3.63, 3.8) is 0 Å². The van der Waals surface area contributed by atoms with Crippen molar-refractivity contribution in [3.05, 3.63) is 102 Å². The maximum Gasteiger partial charge on any atom is 0.223 e. The summed E-state index contributed by atoms with van der Waals surface area (Å²) in [6.07, 6.45) is 3.93. The quantitative estimate of drug-likeness (QED) is 0.475. The first-order valence-corrected chi connectivity index (χ1v) is 14.2. The lowest BCUT2D eigenvalue weighted by molar-refractivity contribution is -0.126. The van der Waals surface area contributed by atoms with E-state index in [1.54, 1.807) is 18.2 Å². The van der Waals surface area contributed by atoms with Gasteiger partial charge in [-0.2, -0.15) is 0 Å². The smallest absolute Gasteiger partial charge is 0.223 e. The van der Waals surface area contributed by atoms with Gasteiger partial charge in [0.25, 0.3) is 0 Å². The third-order valence-corrected chi connectivity index (χ3v) is 8.00. The van der Waals surface area contributed by atoms with Crippen LogP contribution in [0.1, 0.15) is 41.9 Å². The van der Waals surface area contributed by atoms with E-state index in [2.05, 4.69) is 70.9 Å². The van der Waals surface area contributed by atoms with E-state index in [1.165, 1.54) is 17.4 Å². The Bertz CT molecular complexity index is 1170. The molecule has 1 saturated heterocycles. The van der Waals surface area contributed by atoms with Gasteiger partial charge in [0.05, 0.1) is 4.90 Å². The second kappa shape index (κ2) is 11.6. The van der Waals surface area contributed by atoms with Crippen LogP contribution in [0, 0.1) is 5.92 Å². The first kappa shape index (κ1) is 25.1. The second-order valence-corrected chi connectivity index (χ2v) is 11.4. The largest absolute Gasteiger partial charge is 0.352 e. The zero-order valence-corrected chi connectivity index (χ0v) is 21.1. The standard InChI is InChI=1S/C29H34N2O3S/c1-35(33,34)27-14-8-9-23(21-27)22-30-29(32)26-15-18-31(19-16-26)20-17-28(24-10-4-2-5-11-24)25-12-6-3-7-13-25/h2-14,21,26,28H,15-20,22H2,1H3,(H,30,32). The summed E-state index contributed by atoms with van der Waals surface area (Å²) in [4.78, 5) is 15.5. The molecule has 35 heavy (non-hydrogen) atoms. The molecule has 0 bridgehead atoms. The summed E-state index contributed by atoms with van der Waals surface area (Å²) in [5.74, 6) is 0.422. The Balaban J connectivity index is 1.27. The Kier molecular flexibility index (Phi) is 8.37. The van der Waals surface area contributed by atoms with Crippen molar-refractivity contribution in [1.82, 2.24) is 10.2 Å². The summed E-state index contributed by atoms with van der Waals surface area (Å²) in [6.45, 7) is 3.18. The molecule has 1 amide bonds. The van der Waals surface area contributed by atoms with Crippen molar-refractivity contribution in [1.29, 1.82) is 0 Å². The third-order valence-electron chi connectivity index (χ3n) is 6.89. The van der Waals surface area contributed by atoms with Crippen LogP contribution in [0.25, 0.3) is 0 Å². The Morgan fingerprint density at radius 2 is 1.51 bits per heavy atom. The molecule has 0 spiro atoms. The van der Waals surface area contributed by atoms with Crippen LogP contribution in [0.2, 0.25) is 0 Å². The summed E-state index contributed by atoms with van der Waals surface area (Å²) in [5, 5.41) is 3.00. The zero-order valence-electron chi connectivity index (χ0n) is 20.3. The highest BCUT2D eigenvalue weighted by Gasteiger charge is 2.25. The van der Waals surface area contributed by atoms with Gasteiger partial charge in [0.15, 0.2) is 9.84 Å². The lowest BCUT2D eigenvalue weighted by Crippen LogP contribution is -2.40. The molecule has 0 atom stereocenters. The molecule has 0 radical (unpaired) electrons. The van der Waals surface area contributed by atoms with Gasteiger partial charge in [0.2, 0.25) is 5.91 Å². The fraction of sp³-hybridized carbons (Fsp3) is 0.345. The molecule has 0 unspecified atom stereocenters. The van der Waals surface area contributed by atoms with Gasteiger partial charge < -0.3 is 10.2 Å². The van der Waals surface area contributed by atoms with Crippen molar-refractivity contribution in [3.8, 4) is 0 Å². The van der Waals surface area contributed by atoms with Gasteiger partial charge in [-0.05, 0) is 67.7 Å². The van der Waals surface area contributed by atoms with Crippen LogP contribution in [0.3, 0.4) is 0 Å². The number of hydrogen-bond acceptors (Lipinski definition) is 4. The highest BCUT2D eigenvalue weighted by Crippen LogP contribution is 2.29. The van der Waals surface area contributed by atoms with Gasteiger partial charge in [-0.3, -0.25) is 4.79 Å². The number of amides is 1. The number of sulfone groups is 1. The third kappa shape index (κ3) is 7.03. The first-order valence-electron chi connectivity index (χ1n) is 12.3. The summed E-state index contributed by atoms with van der Waals surface area (Å²) in [6, 6.07) is 28.1. The van der Waals surface area contributed by atoms with Crippen LogP contribution < -0.4 is 5.32 Å². The van der Waals surface area contributed by atoms with Gasteiger partial charge >= 0.3 is 0 Å². The minimum absolute atomic E-state index is 0.00313. The molecule has 0 aliphatic carbocycles. The lowest BCUT2D eigenvalue weighted by Gasteiger charge is -2.32. The van der Waals surface area contributed by atoms with Gasteiger partial charge in [0, 0.05) is 24.6 Å². The number of piperidine rings is 1. The molecular weight excluding hydrogens is 456 g/mol. The predicted molar refractivity (Wildman–Crippen MR) is 140 cm³/mol. The summed E-state index contributed by atoms with van der Waals surface area (Å²) >= 11 is 0. The molecular formula is C29H34N2O3S. The number of carbonyl (C=O) groups excluding carboxylic acids is 1. The van der Waals surface area contributed by atoms with Crippen molar-refractivity contribution < 1.29 is 13.2 Å². The molecule has 1 aliphatic rings. The Labute approximate surface area is 209 Å². The number of rotatable bonds is 9. The number of hydrogen-bond donors (Lipinski definition) is 1. The monoisotopic (exact) mass is 490 g/mol. The lowest BCUT2D eigenvalue weighted by atomic mass is 9.88. The van der Waals surface area contributed by atoms with E-state index in [0.717, 1.165) is 44.5 Å². The normalized spacial score (nSPS) is 15.3. The molecule has 3 aromatic carbocycles. The van der Waals surface area contributed by atoms with Crippen molar-refractivity contribution in [2.45, 2.75) is 36.6 Å².